The summed E-state index contributed by atoms with van der Waals surface area (Å²) in [6.45, 7) is 22.1. The first-order valence-electron chi connectivity index (χ1n) is 15.0. The van der Waals surface area contributed by atoms with Crippen LogP contribution in [-0.4, -0.2) is 85.5 Å². The summed E-state index contributed by atoms with van der Waals surface area (Å²) in [7, 11) is 5.03. The molecular weight excluding hydrogens is 580 g/mol. The number of likely N-dealkylation sites (N-methyl/N-ethyl adjacent to an activating group) is 1. The first-order chi connectivity index (χ1) is 21.6. The summed E-state index contributed by atoms with van der Waals surface area (Å²) in [5, 5.41) is 2.83. The molecule has 0 saturated carbocycles. The number of fused-ring (bicyclic) bond motifs is 1. The van der Waals surface area contributed by atoms with Gasteiger partial charge in [-0.1, -0.05) is 32.6 Å². The van der Waals surface area contributed by atoms with E-state index in [1.165, 1.54) is 0 Å². The van der Waals surface area contributed by atoms with Crippen molar-refractivity contribution in [3.8, 4) is 5.88 Å². The van der Waals surface area contributed by atoms with Gasteiger partial charge in [-0.15, -0.1) is 13.2 Å². The maximum Gasteiger partial charge on any atom is 0.322 e. The first kappa shape index (κ1) is 43.3. The third-order valence-corrected chi connectivity index (χ3v) is 6.07. The smallest absolute Gasteiger partial charge is 0.322 e. The van der Waals surface area contributed by atoms with E-state index in [0.717, 1.165) is 37.9 Å². The lowest BCUT2D eigenvalue weighted by atomic mass is 10.2. The van der Waals surface area contributed by atoms with Gasteiger partial charge in [-0.25, -0.2) is 4.98 Å². The topological polar surface area (TPSA) is 162 Å². The van der Waals surface area contributed by atoms with Crippen LogP contribution < -0.4 is 15.8 Å². The van der Waals surface area contributed by atoms with Crippen molar-refractivity contribution in [1.82, 2.24) is 24.8 Å². The predicted octanol–water partition coefficient (Wildman–Crippen LogP) is 5.19. The number of esters is 1. The number of imidazole rings is 1. The van der Waals surface area contributed by atoms with E-state index in [-0.39, 0.29) is 30.3 Å². The summed E-state index contributed by atoms with van der Waals surface area (Å²) in [6.07, 6.45) is 10.4. The monoisotopic (exact) mass is 636 g/mol. The van der Waals surface area contributed by atoms with Gasteiger partial charge in [0.15, 0.2) is 11.2 Å². The molecule has 2 aromatic rings. The lowest BCUT2D eigenvalue weighted by Crippen LogP contribution is -2.32. The summed E-state index contributed by atoms with van der Waals surface area (Å²) in [4.78, 5) is 31.9. The number of hydrogen-bond donors (Lipinski definition) is 2. The van der Waals surface area contributed by atoms with Crippen LogP contribution in [0.5, 0.6) is 5.88 Å². The lowest BCUT2D eigenvalue weighted by molar-refractivity contribution is -0.145. The molecule has 2 rings (SSSR count). The highest BCUT2D eigenvalue weighted by Gasteiger charge is 2.19. The number of nitrogens with one attached hydrogen (secondary N) is 1. The van der Waals surface area contributed by atoms with Crippen molar-refractivity contribution in [2.24, 2.45) is 0 Å². The summed E-state index contributed by atoms with van der Waals surface area (Å²) < 4.78 is 28.3. The van der Waals surface area contributed by atoms with E-state index in [0.29, 0.717) is 43.3 Å². The quantitative estimate of drug-likeness (QED) is 0.0900. The summed E-state index contributed by atoms with van der Waals surface area (Å²) in [5.41, 5.74) is 6.95. The zero-order chi connectivity index (χ0) is 34.6. The van der Waals surface area contributed by atoms with Crippen LogP contribution in [0.15, 0.2) is 44.0 Å². The maximum atomic E-state index is 11.1. The van der Waals surface area contributed by atoms with E-state index >= 15 is 0 Å². The molecule has 13 heteroatoms. The van der Waals surface area contributed by atoms with E-state index in [4.69, 9.17) is 34.2 Å². The molecule has 13 nitrogen and oxygen atoms in total. The Morgan fingerprint density at radius 3 is 2.27 bits per heavy atom. The zero-order valence-electron chi connectivity index (χ0n) is 28.4. The van der Waals surface area contributed by atoms with Crippen LogP contribution in [0.1, 0.15) is 72.4 Å². The minimum absolute atomic E-state index is 0.00931. The van der Waals surface area contributed by atoms with Crippen molar-refractivity contribution in [3.63, 3.8) is 0 Å². The van der Waals surface area contributed by atoms with Gasteiger partial charge in [0.1, 0.15) is 19.1 Å². The molecular formula is C32H56N6O7. The molecule has 0 aliphatic carbocycles. The Balaban J connectivity index is 0. The van der Waals surface area contributed by atoms with E-state index in [2.05, 4.69) is 40.0 Å². The SMILES string of the molecule is C=C(CC)OC.C=CCCCCOC(=O)C(C)NC.C=CCCOc1nc(N)nc2c1ncn2C(C)OC(CC)COC.C=O. The fourth-order valence-electron chi connectivity index (χ4n) is 3.25. The van der Waals surface area contributed by atoms with Gasteiger partial charge in [0, 0.05) is 13.5 Å². The van der Waals surface area contributed by atoms with Crippen molar-refractivity contribution in [1.29, 1.82) is 0 Å². The number of hydrogen-bond acceptors (Lipinski definition) is 12. The number of allylic oxidation sites excluding steroid dienone is 2. The van der Waals surface area contributed by atoms with Gasteiger partial charge >= 0.3 is 5.97 Å². The Kier molecular flexibility index (Phi) is 26.7. The van der Waals surface area contributed by atoms with Gasteiger partial charge in [0.05, 0.1) is 45.1 Å². The molecule has 3 unspecified atom stereocenters. The van der Waals surface area contributed by atoms with Gasteiger partial charge in [-0.3, -0.25) is 9.36 Å². The molecule has 0 fully saturated rings. The molecule has 0 radical (unpaired) electrons. The van der Waals surface area contributed by atoms with Crippen molar-refractivity contribution < 1.29 is 33.3 Å². The molecule has 0 aliphatic rings. The normalized spacial score (nSPS) is 12.0. The Labute approximate surface area is 269 Å². The zero-order valence-corrected chi connectivity index (χ0v) is 28.4. The fourth-order valence-corrected chi connectivity index (χ4v) is 3.25. The molecule has 0 spiro atoms. The number of nitrogens with two attached hydrogens (primary N) is 1. The number of unbranched alkanes of at least 4 members (excludes halogenated alkanes) is 2. The molecule has 0 bridgehead atoms. The number of rotatable bonds is 19. The van der Waals surface area contributed by atoms with E-state index in [9.17, 15) is 4.79 Å². The summed E-state index contributed by atoms with van der Waals surface area (Å²) in [5.74, 6) is 1.17. The lowest BCUT2D eigenvalue weighted by Gasteiger charge is -2.21. The Bertz CT molecular complexity index is 1090. The van der Waals surface area contributed by atoms with Gasteiger partial charge in [0.2, 0.25) is 11.8 Å². The number of anilines is 1. The van der Waals surface area contributed by atoms with Gasteiger partial charge < -0.3 is 39.5 Å². The fraction of sp³-hybridized carbons (Fsp3) is 0.594. The maximum absolute atomic E-state index is 11.1. The standard InChI is InChI=1S/C16H25N5O3.C10H19NO2.C5H10O.CH2O/c1-5-7-8-23-15-13-14(19-16(17)20-15)21(10-18-13)11(3)24-12(6-2)9-22-4;1-4-5-6-7-8-13-10(12)9(2)11-3;1-4-5(2)6-3;1-2/h5,10-12H,1,6-9H2,2-4H3,(H2,17,19,20);4,9,11H,1,5-8H2,2-3H3;2,4H2,1,3H3;1H2. The van der Waals surface area contributed by atoms with Crippen molar-refractivity contribution in [2.75, 3.05) is 46.8 Å². The highest BCUT2D eigenvalue weighted by molar-refractivity contribution is 5.77. The molecule has 2 heterocycles. The van der Waals surface area contributed by atoms with Crippen LogP contribution >= 0.6 is 0 Å². The third-order valence-electron chi connectivity index (χ3n) is 6.07. The number of ether oxygens (including phenoxy) is 5. The van der Waals surface area contributed by atoms with E-state index in [1.807, 2.05) is 38.2 Å². The van der Waals surface area contributed by atoms with Crippen molar-refractivity contribution in [3.05, 3.63) is 44.0 Å². The molecule has 2 aromatic heterocycles. The van der Waals surface area contributed by atoms with Crippen LogP contribution in [0.4, 0.5) is 5.95 Å². The molecule has 0 amide bonds. The Morgan fingerprint density at radius 2 is 1.76 bits per heavy atom. The highest BCUT2D eigenvalue weighted by Crippen LogP contribution is 2.25. The van der Waals surface area contributed by atoms with Crippen LogP contribution in [-0.2, 0) is 28.5 Å². The number of nitrogen functional groups attached to an aromatic ring is 1. The van der Waals surface area contributed by atoms with Gasteiger partial charge in [-0.05, 0) is 53.0 Å². The van der Waals surface area contributed by atoms with E-state index < -0.39 is 0 Å². The average Bonchev–Trinajstić information content (AvgIpc) is 3.49. The van der Waals surface area contributed by atoms with Crippen molar-refractivity contribution in [2.45, 2.75) is 84.6 Å². The molecule has 0 aliphatic heterocycles. The molecule has 45 heavy (non-hydrogen) atoms. The van der Waals surface area contributed by atoms with Crippen LogP contribution in [0.25, 0.3) is 11.2 Å². The number of carbonyl (C=O) groups is 2. The van der Waals surface area contributed by atoms with Crippen LogP contribution in [0.3, 0.4) is 0 Å². The molecule has 0 aromatic carbocycles. The molecule has 3 atom stereocenters. The second kappa shape index (κ2) is 27.7. The predicted molar refractivity (Wildman–Crippen MR) is 179 cm³/mol. The summed E-state index contributed by atoms with van der Waals surface area (Å²) in [6, 6.07) is -0.209. The first-order valence-corrected chi connectivity index (χ1v) is 15.0. The van der Waals surface area contributed by atoms with Crippen molar-refractivity contribution >= 4 is 29.9 Å². The van der Waals surface area contributed by atoms with Gasteiger partial charge in [-0.2, -0.15) is 9.97 Å². The molecule has 256 valence electrons. The minimum Gasteiger partial charge on any atom is -0.502 e. The van der Waals surface area contributed by atoms with Crippen LogP contribution in [0, 0.1) is 0 Å². The molecule has 0 saturated heterocycles. The Hall–Kier alpha value is -3.81. The van der Waals surface area contributed by atoms with E-state index in [1.54, 1.807) is 40.6 Å². The number of carbonyl (C=O) groups excluding carboxylic acids is 2. The number of aromatic nitrogens is 4. The Morgan fingerprint density at radius 1 is 1.09 bits per heavy atom. The summed E-state index contributed by atoms with van der Waals surface area (Å²) >= 11 is 0. The van der Waals surface area contributed by atoms with Crippen LogP contribution in [0.2, 0.25) is 0 Å². The minimum atomic E-state index is -0.273. The second-order valence-corrected chi connectivity index (χ2v) is 9.42. The highest BCUT2D eigenvalue weighted by atomic mass is 16.5. The average molecular weight is 637 g/mol. The number of methoxy groups -OCH3 is 2. The second-order valence-electron chi connectivity index (χ2n) is 9.42. The number of nitrogens with zero attached hydrogens (tertiary/aromatic N) is 4. The van der Waals surface area contributed by atoms with Gasteiger partial charge in [0.25, 0.3) is 0 Å². The third kappa shape index (κ3) is 18.6. The molecule has 3 N–H and O–H groups in total. The largest absolute Gasteiger partial charge is 0.502 e.